The molecule has 0 fully saturated rings. The monoisotopic (exact) mass is 285 g/mol. The van der Waals surface area contributed by atoms with Crippen LogP contribution in [0.1, 0.15) is 33.6 Å². The molecule has 0 aromatic heterocycles. The molecule has 0 saturated carbocycles. The zero-order chi connectivity index (χ0) is 13.5. The van der Waals surface area contributed by atoms with E-state index in [1.165, 1.54) is 0 Å². The number of amides is 1. The largest absolute Gasteiger partial charge is 0.353 e. The summed E-state index contributed by atoms with van der Waals surface area (Å²) >= 11 is 7.43. The summed E-state index contributed by atoms with van der Waals surface area (Å²) in [6, 6.07) is 7.84. The van der Waals surface area contributed by atoms with Crippen LogP contribution in [0.25, 0.3) is 0 Å². The minimum absolute atomic E-state index is 0.0415. The van der Waals surface area contributed by atoms with Crippen LogP contribution in [-0.2, 0) is 4.79 Å². The maximum atomic E-state index is 12.1. The number of nitrogens with one attached hydrogen (secondary N) is 1. The van der Waals surface area contributed by atoms with Crippen LogP contribution in [-0.4, -0.2) is 17.2 Å². The summed E-state index contributed by atoms with van der Waals surface area (Å²) in [7, 11) is 0. The van der Waals surface area contributed by atoms with E-state index in [0.29, 0.717) is 0 Å². The van der Waals surface area contributed by atoms with Gasteiger partial charge in [0.2, 0.25) is 5.91 Å². The Morgan fingerprint density at radius 2 is 1.89 bits per heavy atom. The van der Waals surface area contributed by atoms with Gasteiger partial charge in [-0.15, -0.1) is 11.8 Å². The number of halogens is 1. The predicted molar refractivity (Wildman–Crippen MR) is 79.3 cm³/mol. The summed E-state index contributed by atoms with van der Waals surface area (Å²) in [6.07, 6.45) is 1.77. The molecule has 1 amide bonds. The molecule has 0 aliphatic carbocycles. The Labute approximate surface area is 118 Å². The molecular weight excluding hydrogens is 266 g/mol. The van der Waals surface area contributed by atoms with Crippen LogP contribution >= 0.6 is 23.4 Å². The SMILES string of the molecule is CC[C@H](C)NC(=O)[C@@H](CC)Sc1ccc(Cl)cc1. The summed E-state index contributed by atoms with van der Waals surface area (Å²) < 4.78 is 0. The van der Waals surface area contributed by atoms with Crippen molar-refractivity contribution in [1.29, 1.82) is 0 Å². The fourth-order valence-corrected chi connectivity index (χ4v) is 2.53. The summed E-state index contributed by atoms with van der Waals surface area (Å²) in [5.41, 5.74) is 0. The van der Waals surface area contributed by atoms with Crippen LogP contribution in [0.15, 0.2) is 29.2 Å². The van der Waals surface area contributed by atoms with Crippen molar-refractivity contribution in [3.63, 3.8) is 0 Å². The van der Waals surface area contributed by atoms with E-state index in [1.54, 1.807) is 11.8 Å². The Balaban J connectivity index is 2.61. The number of hydrogen-bond acceptors (Lipinski definition) is 2. The first-order valence-electron chi connectivity index (χ1n) is 6.29. The molecule has 0 radical (unpaired) electrons. The Morgan fingerprint density at radius 3 is 2.39 bits per heavy atom. The van der Waals surface area contributed by atoms with Gasteiger partial charge in [-0.2, -0.15) is 0 Å². The number of rotatable bonds is 6. The zero-order valence-electron chi connectivity index (χ0n) is 11.1. The van der Waals surface area contributed by atoms with Crippen molar-refractivity contribution in [3.8, 4) is 0 Å². The lowest BCUT2D eigenvalue weighted by Crippen LogP contribution is -2.38. The summed E-state index contributed by atoms with van der Waals surface area (Å²) in [5, 5.41) is 3.70. The van der Waals surface area contributed by atoms with Gasteiger partial charge >= 0.3 is 0 Å². The van der Waals surface area contributed by atoms with Gasteiger partial charge in [-0.1, -0.05) is 25.4 Å². The van der Waals surface area contributed by atoms with Gasteiger partial charge in [0.15, 0.2) is 0 Å². The van der Waals surface area contributed by atoms with Crippen molar-refractivity contribution in [2.24, 2.45) is 0 Å². The quantitative estimate of drug-likeness (QED) is 0.797. The van der Waals surface area contributed by atoms with E-state index in [9.17, 15) is 4.79 Å². The minimum Gasteiger partial charge on any atom is -0.353 e. The molecule has 4 heteroatoms. The van der Waals surface area contributed by atoms with Crippen molar-refractivity contribution in [1.82, 2.24) is 5.32 Å². The number of hydrogen-bond donors (Lipinski definition) is 1. The number of benzene rings is 1. The fourth-order valence-electron chi connectivity index (χ4n) is 1.44. The molecule has 0 aliphatic heterocycles. The Kier molecular flexibility index (Phi) is 6.58. The zero-order valence-corrected chi connectivity index (χ0v) is 12.6. The normalized spacial score (nSPS) is 14.0. The molecule has 0 spiro atoms. The van der Waals surface area contributed by atoms with Crippen LogP contribution < -0.4 is 5.32 Å². The van der Waals surface area contributed by atoms with Gasteiger partial charge in [0.1, 0.15) is 0 Å². The Hall–Kier alpha value is -0.670. The molecule has 0 saturated heterocycles. The second-order valence-corrected chi connectivity index (χ2v) is 6.00. The van der Waals surface area contributed by atoms with Crippen molar-refractivity contribution in [3.05, 3.63) is 29.3 Å². The lowest BCUT2D eigenvalue weighted by molar-refractivity contribution is -0.121. The highest BCUT2D eigenvalue weighted by Crippen LogP contribution is 2.26. The van der Waals surface area contributed by atoms with Gasteiger partial charge < -0.3 is 5.32 Å². The maximum Gasteiger partial charge on any atom is 0.233 e. The Morgan fingerprint density at radius 1 is 1.28 bits per heavy atom. The maximum absolute atomic E-state index is 12.1. The fraction of sp³-hybridized carbons (Fsp3) is 0.500. The highest BCUT2D eigenvalue weighted by molar-refractivity contribution is 8.00. The topological polar surface area (TPSA) is 29.1 Å². The van der Waals surface area contributed by atoms with E-state index in [1.807, 2.05) is 38.1 Å². The second kappa shape index (κ2) is 7.70. The van der Waals surface area contributed by atoms with E-state index < -0.39 is 0 Å². The van der Waals surface area contributed by atoms with Crippen LogP contribution in [0, 0.1) is 0 Å². The smallest absolute Gasteiger partial charge is 0.233 e. The van der Waals surface area contributed by atoms with Gasteiger partial charge in [-0.3, -0.25) is 4.79 Å². The third-order valence-corrected chi connectivity index (χ3v) is 4.38. The highest BCUT2D eigenvalue weighted by Gasteiger charge is 2.18. The van der Waals surface area contributed by atoms with Gasteiger partial charge in [0.05, 0.1) is 5.25 Å². The van der Waals surface area contributed by atoms with E-state index in [-0.39, 0.29) is 17.2 Å². The molecule has 1 aromatic carbocycles. The van der Waals surface area contributed by atoms with Crippen molar-refractivity contribution < 1.29 is 4.79 Å². The molecule has 1 aromatic rings. The summed E-state index contributed by atoms with van der Waals surface area (Å²) in [4.78, 5) is 13.1. The molecule has 2 nitrogen and oxygen atoms in total. The van der Waals surface area contributed by atoms with E-state index >= 15 is 0 Å². The van der Waals surface area contributed by atoms with Crippen LogP contribution in [0.2, 0.25) is 5.02 Å². The average molecular weight is 286 g/mol. The summed E-state index contributed by atoms with van der Waals surface area (Å²) in [5.74, 6) is 0.117. The van der Waals surface area contributed by atoms with E-state index in [2.05, 4.69) is 12.2 Å². The lowest BCUT2D eigenvalue weighted by atomic mass is 10.2. The molecular formula is C14H20ClNOS. The standard InChI is InChI=1S/C14H20ClNOS/c1-4-10(3)16-14(17)13(5-2)18-12-8-6-11(15)7-9-12/h6-10,13H,4-5H2,1-3H3,(H,16,17)/t10-,13+/m0/s1. The average Bonchev–Trinajstić information content (AvgIpc) is 2.37. The molecule has 0 aliphatic rings. The van der Waals surface area contributed by atoms with E-state index in [4.69, 9.17) is 11.6 Å². The van der Waals surface area contributed by atoms with Crippen molar-refractivity contribution in [2.75, 3.05) is 0 Å². The third-order valence-electron chi connectivity index (χ3n) is 2.76. The molecule has 0 heterocycles. The molecule has 1 rings (SSSR count). The van der Waals surface area contributed by atoms with E-state index in [0.717, 1.165) is 22.8 Å². The first-order chi connectivity index (χ1) is 8.56. The van der Waals surface area contributed by atoms with Gasteiger partial charge in [0.25, 0.3) is 0 Å². The molecule has 0 unspecified atom stereocenters. The van der Waals surface area contributed by atoms with Gasteiger partial charge in [-0.05, 0) is 44.0 Å². The van der Waals surface area contributed by atoms with Gasteiger partial charge in [0, 0.05) is 16.0 Å². The molecule has 0 bridgehead atoms. The van der Waals surface area contributed by atoms with Crippen molar-refractivity contribution >= 4 is 29.3 Å². The first kappa shape index (κ1) is 15.4. The highest BCUT2D eigenvalue weighted by atomic mass is 35.5. The molecule has 1 N–H and O–H groups in total. The molecule has 100 valence electrons. The lowest BCUT2D eigenvalue weighted by Gasteiger charge is -2.18. The first-order valence-corrected chi connectivity index (χ1v) is 7.55. The predicted octanol–water partition coefficient (Wildman–Crippen LogP) is 4.13. The number of thioether (sulfide) groups is 1. The number of carbonyl (C=O) groups excluding carboxylic acids is 1. The number of carbonyl (C=O) groups is 1. The second-order valence-electron chi connectivity index (χ2n) is 4.29. The van der Waals surface area contributed by atoms with Crippen LogP contribution in [0.5, 0.6) is 0 Å². The minimum atomic E-state index is -0.0415. The van der Waals surface area contributed by atoms with Crippen molar-refractivity contribution in [2.45, 2.75) is 49.8 Å². The Bertz CT molecular complexity index is 380. The third kappa shape index (κ3) is 4.91. The molecule has 18 heavy (non-hydrogen) atoms. The summed E-state index contributed by atoms with van der Waals surface area (Å²) in [6.45, 7) is 6.12. The van der Waals surface area contributed by atoms with Crippen LogP contribution in [0.4, 0.5) is 0 Å². The van der Waals surface area contributed by atoms with Crippen LogP contribution in [0.3, 0.4) is 0 Å². The molecule has 2 atom stereocenters. The van der Waals surface area contributed by atoms with Gasteiger partial charge in [-0.25, -0.2) is 0 Å².